The van der Waals surface area contributed by atoms with Crippen molar-refractivity contribution in [2.75, 3.05) is 0 Å². The van der Waals surface area contributed by atoms with E-state index in [4.69, 9.17) is 20.3 Å². The SMILES string of the molecule is CCCC(Oc1ccc2c(c1)OC(C)(C)CC2N)C(=O)O. The quantitative estimate of drug-likeness (QED) is 0.872. The molecule has 1 aliphatic rings. The second kappa shape index (κ2) is 5.93. The van der Waals surface area contributed by atoms with Gasteiger partial charge in [-0.25, -0.2) is 4.79 Å². The largest absolute Gasteiger partial charge is 0.487 e. The molecule has 0 saturated heterocycles. The van der Waals surface area contributed by atoms with Crippen LogP contribution in [0.15, 0.2) is 18.2 Å². The molecule has 3 N–H and O–H groups in total. The molecule has 0 amide bonds. The summed E-state index contributed by atoms with van der Waals surface area (Å²) in [5.41, 5.74) is 6.76. The minimum absolute atomic E-state index is 0.0799. The van der Waals surface area contributed by atoms with Crippen LogP contribution >= 0.6 is 0 Å². The third-order valence-electron chi connectivity index (χ3n) is 3.59. The van der Waals surface area contributed by atoms with Gasteiger partial charge < -0.3 is 20.3 Å². The van der Waals surface area contributed by atoms with E-state index in [1.54, 1.807) is 12.1 Å². The highest BCUT2D eigenvalue weighted by atomic mass is 16.5. The number of hydrogen-bond donors (Lipinski definition) is 2. The first-order valence-corrected chi connectivity index (χ1v) is 7.30. The maximum absolute atomic E-state index is 11.2. The molecule has 0 spiro atoms. The van der Waals surface area contributed by atoms with Crippen LogP contribution in [-0.4, -0.2) is 22.8 Å². The molecule has 21 heavy (non-hydrogen) atoms. The van der Waals surface area contributed by atoms with Gasteiger partial charge in [-0.2, -0.15) is 0 Å². The number of carboxylic acid groups (broad SMARTS) is 1. The highest BCUT2D eigenvalue weighted by Crippen LogP contribution is 2.40. The van der Waals surface area contributed by atoms with Crippen LogP contribution in [0.2, 0.25) is 0 Å². The van der Waals surface area contributed by atoms with Crippen LogP contribution < -0.4 is 15.2 Å². The van der Waals surface area contributed by atoms with Gasteiger partial charge in [0.05, 0.1) is 0 Å². The van der Waals surface area contributed by atoms with Gasteiger partial charge in [0.15, 0.2) is 6.10 Å². The Morgan fingerprint density at radius 1 is 1.57 bits per heavy atom. The Morgan fingerprint density at radius 3 is 2.90 bits per heavy atom. The minimum Gasteiger partial charge on any atom is -0.487 e. The van der Waals surface area contributed by atoms with E-state index in [0.29, 0.717) is 17.9 Å². The van der Waals surface area contributed by atoms with Crippen molar-refractivity contribution >= 4 is 5.97 Å². The maximum Gasteiger partial charge on any atom is 0.344 e. The van der Waals surface area contributed by atoms with E-state index in [1.165, 1.54) is 0 Å². The summed E-state index contributed by atoms with van der Waals surface area (Å²) in [6.07, 6.45) is 1.13. The first-order valence-electron chi connectivity index (χ1n) is 7.30. The first-order chi connectivity index (χ1) is 9.82. The molecular weight excluding hydrogens is 270 g/mol. The molecule has 0 bridgehead atoms. The standard InChI is InChI=1S/C16H23NO4/c1-4-5-13(15(18)19)20-10-6-7-11-12(17)9-16(2,3)21-14(11)8-10/h6-8,12-13H,4-5,9,17H2,1-3H3,(H,18,19). The second-order valence-electron chi connectivity index (χ2n) is 6.11. The van der Waals surface area contributed by atoms with E-state index in [2.05, 4.69) is 0 Å². The number of aliphatic carboxylic acids is 1. The molecule has 1 aliphatic heterocycles. The number of carbonyl (C=O) groups is 1. The predicted octanol–water partition coefficient (Wildman–Crippen LogP) is 2.88. The molecule has 116 valence electrons. The zero-order valence-electron chi connectivity index (χ0n) is 12.8. The number of carboxylic acids is 1. The summed E-state index contributed by atoms with van der Waals surface area (Å²) in [6.45, 7) is 5.90. The van der Waals surface area contributed by atoms with Gasteiger partial charge in [-0.15, -0.1) is 0 Å². The first kappa shape index (κ1) is 15.6. The summed E-state index contributed by atoms with van der Waals surface area (Å²) in [6, 6.07) is 5.27. The fourth-order valence-corrected chi connectivity index (χ4v) is 2.62. The van der Waals surface area contributed by atoms with Gasteiger partial charge >= 0.3 is 5.97 Å². The lowest BCUT2D eigenvalue weighted by atomic mass is 9.90. The molecule has 0 aliphatic carbocycles. The van der Waals surface area contributed by atoms with E-state index in [0.717, 1.165) is 18.4 Å². The van der Waals surface area contributed by atoms with Crippen LogP contribution in [-0.2, 0) is 4.79 Å². The summed E-state index contributed by atoms with van der Waals surface area (Å²) in [7, 11) is 0. The number of fused-ring (bicyclic) bond motifs is 1. The number of ether oxygens (including phenoxy) is 2. The fourth-order valence-electron chi connectivity index (χ4n) is 2.62. The number of benzene rings is 1. The van der Waals surface area contributed by atoms with Gasteiger partial charge in [-0.3, -0.25) is 0 Å². The zero-order valence-corrected chi connectivity index (χ0v) is 12.8. The molecule has 2 rings (SSSR count). The number of rotatable bonds is 5. The molecule has 0 saturated carbocycles. The van der Waals surface area contributed by atoms with E-state index in [1.807, 2.05) is 26.8 Å². The summed E-state index contributed by atoms with van der Waals surface area (Å²) >= 11 is 0. The average Bonchev–Trinajstić information content (AvgIpc) is 2.36. The van der Waals surface area contributed by atoms with Crippen molar-refractivity contribution in [1.82, 2.24) is 0 Å². The maximum atomic E-state index is 11.2. The lowest BCUT2D eigenvalue weighted by molar-refractivity contribution is -0.145. The Bertz CT molecular complexity index is 527. The molecule has 2 unspecified atom stereocenters. The Morgan fingerprint density at radius 2 is 2.29 bits per heavy atom. The Kier molecular flexibility index (Phi) is 4.42. The van der Waals surface area contributed by atoms with Gasteiger partial charge in [-0.1, -0.05) is 19.4 Å². The van der Waals surface area contributed by atoms with Crippen LogP contribution in [0.25, 0.3) is 0 Å². The average molecular weight is 293 g/mol. The predicted molar refractivity (Wildman–Crippen MR) is 79.7 cm³/mol. The van der Waals surface area contributed by atoms with Crippen LogP contribution in [0.3, 0.4) is 0 Å². The fraction of sp³-hybridized carbons (Fsp3) is 0.562. The molecule has 1 aromatic carbocycles. The lowest BCUT2D eigenvalue weighted by Crippen LogP contribution is -2.37. The summed E-state index contributed by atoms with van der Waals surface area (Å²) in [4.78, 5) is 11.2. The molecule has 1 aromatic rings. The normalized spacial score (nSPS) is 21.0. The van der Waals surface area contributed by atoms with Crippen molar-refractivity contribution in [3.8, 4) is 11.5 Å². The van der Waals surface area contributed by atoms with Crippen LogP contribution in [0.1, 0.15) is 51.6 Å². The van der Waals surface area contributed by atoms with Crippen molar-refractivity contribution in [3.63, 3.8) is 0 Å². The molecule has 1 heterocycles. The van der Waals surface area contributed by atoms with Gasteiger partial charge in [0.25, 0.3) is 0 Å². The Hall–Kier alpha value is -1.75. The van der Waals surface area contributed by atoms with Gasteiger partial charge in [0.1, 0.15) is 17.1 Å². The minimum atomic E-state index is -0.951. The van der Waals surface area contributed by atoms with Crippen molar-refractivity contribution in [1.29, 1.82) is 0 Å². The third kappa shape index (κ3) is 3.67. The molecule has 0 aromatic heterocycles. The van der Waals surface area contributed by atoms with E-state index in [-0.39, 0.29) is 11.6 Å². The summed E-state index contributed by atoms with van der Waals surface area (Å²) in [5, 5.41) is 9.15. The monoisotopic (exact) mass is 293 g/mol. The van der Waals surface area contributed by atoms with Crippen LogP contribution in [0.5, 0.6) is 11.5 Å². The smallest absolute Gasteiger partial charge is 0.344 e. The second-order valence-corrected chi connectivity index (χ2v) is 6.11. The number of nitrogens with two attached hydrogens (primary N) is 1. The molecular formula is C16H23NO4. The van der Waals surface area contributed by atoms with Crippen molar-refractivity contribution in [3.05, 3.63) is 23.8 Å². The van der Waals surface area contributed by atoms with E-state index in [9.17, 15) is 4.79 Å². The molecule has 5 nitrogen and oxygen atoms in total. The van der Waals surface area contributed by atoms with Crippen LogP contribution in [0, 0.1) is 0 Å². The molecule has 5 heteroatoms. The number of hydrogen-bond acceptors (Lipinski definition) is 4. The summed E-state index contributed by atoms with van der Waals surface area (Å²) in [5.74, 6) is 0.226. The topological polar surface area (TPSA) is 81.8 Å². The summed E-state index contributed by atoms with van der Waals surface area (Å²) < 4.78 is 11.5. The van der Waals surface area contributed by atoms with E-state index < -0.39 is 12.1 Å². The van der Waals surface area contributed by atoms with Crippen molar-refractivity contribution < 1.29 is 19.4 Å². The van der Waals surface area contributed by atoms with E-state index >= 15 is 0 Å². The van der Waals surface area contributed by atoms with Crippen molar-refractivity contribution in [2.24, 2.45) is 5.73 Å². The van der Waals surface area contributed by atoms with Gasteiger partial charge in [0.2, 0.25) is 0 Å². The van der Waals surface area contributed by atoms with Crippen molar-refractivity contribution in [2.45, 2.75) is 57.8 Å². The zero-order chi connectivity index (χ0) is 15.6. The Labute approximate surface area is 125 Å². The Balaban J connectivity index is 2.22. The van der Waals surface area contributed by atoms with Gasteiger partial charge in [0, 0.05) is 24.1 Å². The molecule has 0 fully saturated rings. The van der Waals surface area contributed by atoms with Crippen LogP contribution in [0.4, 0.5) is 0 Å². The van der Waals surface area contributed by atoms with Gasteiger partial charge in [-0.05, 0) is 26.3 Å². The molecule has 2 atom stereocenters. The lowest BCUT2D eigenvalue weighted by Gasteiger charge is -2.36. The highest BCUT2D eigenvalue weighted by Gasteiger charge is 2.32. The third-order valence-corrected chi connectivity index (χ3v) is 3.59. The molecule has 0 radical (unpaired) electrons. The highest BCUT2D eigenvalue weighted by molar-refractivity contribution is 5.72.